The van der Waals surface area contributed by atoms with Crippen LogP contribution >= 0.6 is 0 Å². The molecule has 1 aliphatic rings. The highest BCUT2D eigenvalue weighted by molar-refractivity contribution is 5.78. The molecule has 0 amide bonds. The predicted octanol–water partition coefficient (Wildman–Crippen LogP) is 1.96. The van der Waals surface area contributed by atoms with Gasteiger partial charge < -0.3 is 15.2 Å². The first-order valence-corrected chi connectivity index (χ1v) is 6.31. The molecule has 0 unspecified atom stereocenters. The minimum absolute atomic E-state index is 0.675. The molecule has 5 heteroatoms. The van der Waals surface area contributed by atoms with Gasteiger partial charge in [-0.25, -0.2) is 10.8 Å². The normalized spacial score (nSPS) is 14.2. The number of nitrogens with two attached hydrogens (primary N) is 1. The highest BCUT2D eigenvalue weighted by Gasteiger charge is 2.21. The summed E-state index contributed by atoms with van der Waals surface area (Å²) < 4.78 is 0. The molecule has 1 aromatic carbocycles. The fraction of sp³-hybridized carbons (Fsp3) is 0.214. The van der Waals surface area contributed by atoms with Crippen molar-refractivity contribution in [2.24, 2.45) is 5.84 Å². The van der Waals surface area contributed by atoms with Crippen LogP contribution in [0.15, 0.2) is 42.5 Å². The minimum Gasteiger partial charge on any atom is -0.371 e. The molecule has 0 fully saturated rings. The number of rotatable bonds is 2. The summed E-state index contributed by atoms with van der Waals surface area (Å²) in [5.74, 6) is 7.01. The average molecular weight is 255 g/mol. The molecule has 1 aromatic heterocycles. The predicted molar refractivity (Wildman–Crippen MR) is 78.8 cm³/mol. The second-order valence-corrected chi connectivity index (χ2v) is 4.59. The fourth-order valence-electron chi connectivity index (χ4n) is 2.40. The summed E-state index contributed by atoms with van der Waals surface area (Å²) >= 11 is 0. The van der Waals surface area contributed by atoms with Crippen molar-refractivity contribution in [3.8, 4) is 0 Å². The standard InChI is InChI=1S/C14H17N5/c1-18-9-10-19(12-6-3-2-5-11(12)18)14-8-4-7-13(16-14)17-15/h2-8H,9-10,15H2,1H3,(H,16,17). The molecule has 0 saturated heterocycles. The smallest absolute Gasteiger partial charge is 0.142 e. The minimum atomic E-state index is 0.675. The van der Waals surface area contributed by atoms with Gasteiger partial charge in [0, 0.05) is 20.1 Å². The molecular formula is C14H17N5. The van der Waals surface area contributed by atoms with E-state index < -0.39 is 0 Å². The molecule has 3 rings (SSSR count). The van der Waals surface area contributed by atoms with E-state index in [4.69, 9.17) is 5.84 Å². The Morgan fingerprint density at radius 1 is 1.05 bits per heavy atom. The first-order chi connectivity index (χ1) is 9.29. The number of nitrogen functional groups attached to an aromatic ring is 1. The summed E-state index contributed by atoms with van der Waals surface area (Å²) in [7, 11) is 2.11. The lowest BCUT2D eigenvalue weighted by atomic mass is 10.1. The Morgan fingerprint density at radius 3 is 2.63 bits per heavy atom. The van der Waals surface area contributed by atoms with Crippen LogP contribution < -0.4 is 21.1 Å². The van der Waals surface area contributed by atoms with Gasteiger partial charge in [0.25, 0.3) is 0 Å². The number of likely N-dealkylation sites (N-methyl/N-ethyl adjacent to an activating group) is 1. The third kappa shape index (κ3) is 2.08. The first kappa shape index (κ1) is 11.8. The van der Waals surface area contributed by atoms with Gasteiger partial charge in [0.2, 0.25) is 0 Å². The fourth-order valence-corrected chi connectivity index (χ4v) is 2.40. The lowest BCUT2D eigenvalue weighted by Gasteiger charge is -2.36. The second kappa shape index (κ2) is 4.78. The zero-order valence-electron chi connectivity index (χ0n) is 10.9. The van der Waals surface area contributed by atoms with Gasteiger partial charge in [-0.15, -0.1) is 0 Å². The van der Waals surface area contributed by atoms with Crippen LogP contribution in [0.5, 0.6) is 0 Å². The van der Waals surface area contributed by atoms with Crippen molar-refractivity contribution >= 4 is 23.0 Å². The number of hydrazine groups is 1. The van der Waals surface area contributed by atoms with Crippen LogP contribution in [0.25, 0.3) is 0 Å². The van der Waals surface area contributed by atoms with E-state index in [9.17, 15) is 0 Å². The van der Waals surface area contributed by atoms with Gasteiger partial charge in [0.1, 0.15) is 11.6 Å². The SMILES string of the molecule is CN1CCN(c2cccc(NN)n2)c2ccccc21. The Balaban J connectivity index is 2.04. The highest BCUT2D eigenvalue weighted by Crippen LogP contribution is 2.36. The molecule has 2 aromatic rings. The van der Waals surface area contributed by atoms with E-state index in [0.717, 1.165) is 18.9 Å². The Labute approximate surface area is 112 Å². The number of benzene rings is 1. The van der Waals surface area contributed by atoms with E-state index in [1.54, 1.807) is 0 Å². The van der Waals surface area contributed by atoms with Gasteiger partial charge in [-0.05, 0) is 24.3 Å². The second-order valence-electron chi connectivity index (χ2n) is 4.59. The number of nitrogens with one attached hydrogen (secondary N) is 1. The molecule has 1 aliphatic heterocycles. The number of hydrogen-bond acceptors (Lipinski definition) is 5. The molecule has 5 nitrogen and oxygen atoms in total. The maximum Gasteiger partial charge on any atom is 0.142 e. The molecule has 3 N–H and O–H groups in total. The van der Waals surface area contributed by atoms with Gasteiger partial charge in [-0.2, -0.15) is 0 Å². The summed E-state index contributed by atoms with van der Waals surface area (Å²) in [5.41, 5.74) is 4.99. The van der Waals surface area contributed by atoms with Crippen LogP contribution in [0.1, 0.15) is 0 Å². The van der Waals surface area contributed by atoms with Crippen molar-refractivity contribution in [1.29, 1.82) is 0 Å². The van der Waals surface area contributed by atoms with Crippen molar-refractivity contribution < 1.29 is 0 Å². The van der Waals surface area contributed by atoms with E-state index in [-0.39, 0.29) is 0 Å². The van der Waals surface area contributed by atoms with Crippen LogP contribution in [0.4, 0.5) is 23.0 Å². The maximum atomic E-state index is 5.43. The topological polar surface area (TPSA) is 57.4 Å². The van der Waals surface area contributed by atoms with Crippen LogP contribution in [0.3, 0.4) is 0 Å². The lowest BCUT2D eigenvalue weighted by Crippen LogP contribution is -2.36. The van der Waals surface area contributed by atoms with E-state index in [1.165, 1.54) is 11.4 Å². The zero-order chi connectivity index (χ0) is 13.2. The van der Waals surface area contributed by atoms with Crippen LogP contribution in [-0.2, 0) is 0 Å². The summed E-state index contributed by atoms with van der Waals surface area (Å²) in [6.45, 7) is 1.88. The number of anilines is 4. The summed E-state index contributed by atoms with van der Waals surface area (Å²) in [5, 5.41) is 0. The Morgan fingerprint density at radius 2 is 1.84 bits per heavy atom. The van der Waals surface area contributed by atoms with Gasteiger partial charge >= 0.3 is 0 Å². The molecule has 2 heterocycles. The lowest BCUT2D eigenvalue weighted by molar-refractivity contribution is 0.813. The van der Waals surface area contributed by atoms with Crippen LogP contribution in [0, 0.1) is 0 Å². The number of hydrogen-bond donors (Lipinski definition) is 2. The van der Waals surface area contributed by atoms with Gasteiger partial charge in [-0.1, -0.05) is 18.2 Å². The van der Waals surface area contributed by atoms with Crippen molar-refractivity contribution in [2.75, 3.05) is 35.4 Å². The maximum absolute atomic E-state index is 5.43. The van der Waals surface area contributed by atoms with Gasteiger partial charge in [0.05, 0.1) is 11.4 Å². The molecule has 98 valence electrons. The van der Waals surface area contributed by atoms with E-state index in [2.05, 4.69) is 51.5 Å². The summed E-state index contributed by atoms with van der Waals surface area (Å²) in [6, 6.07) is 14.2. The molecule has 0 bridgehead atoms. The van der Waals surface area contributed by atoms with E-state index >= 15 is 0 Å². The Hall–Kier alpha value is -2.27. The monoisotopic (exact) mass is 255 g/mol. The van der Waals surface area contributed by atoms with Crippen LogP contribution in [0.2, 0.25) is 0 Å². The molecule has 0 saturated carbocycles. The molecule has 0 atom stereocenters. The summed E-state index contributed by atoms with van der Waals surface area (Å²) in [6.07, 6.45) is 0. The highest BCUT2D eigenvalue weighted by atomic mass is 15.3. The number of para-hydroxylation sites is 2. The van der Waals surface area contributed by atoms with Gasteiger partial charge in [0.15, 0.2) is 0 Å². The molecule has 19 heavy (non-hydrogen) atoms. The quantitative estimate of drug-likeness (QED) is 0.634. The Bertz CT molecular complexity index is 584. The summed E-state index contributed by atoms with van der Waals surface area (Å²) in [4.78, 5) is 8.99. The zero-order valence-corrected chi connectivity index (χ0v) is 10.9. The number of pyridine rings is 1. The molecule has 0 aliphatic carbocycles. The first-order valence-electron chi connectivity index (χ1n) is 6.31. The third-order valence-electron chi connectivity index (χ3n) is 3.40. The van der Waals surface area contributed by atoms with Crippen molar-refractivity contribution in [2.45, 2.75) is 0 Å². The largest absolute Gasteiger partial charge is 0.371 e. The van der Waals surface area contributed by atoms with Crippen molar-refractivity contribution in [1.82, 2.24) is 4.98 Å². The third-order valence-corrected chi connectivity index (χ3v) is 3.40. The number of aromatic nitrogens is 1. The van der Waals surface area contributed by atoms with E-state index in [1.807, 2.05) is 18.2 Å². The molecule has 0 radical (unpaired) electrons. The Kier molecular flexibility index (Phi) is 2.97. The number of nitrogens with zero attached hydrogens (tertiary/aromatic N) is 3. The van der Waals surface area contributed by atoms with Gasteiger partial charge in [-0.3, -0.25) is 0 Å². The van der Waals surface area contributed by atoms with Crippen molar-refractivity contribution in [3.63, 3.8) is 0 Å². The van der Waals surface area contributed by atoms with E-state index in [0.29, 0.717) is 5.82 Å². The molecule has 0 spiro atoms. The van der Waals surface area contributed by atoms with Crippen LogP contribution in [-0.4, -0.2) is 25.1 Å². The average Bonchev–Trinajstić information content (AvgIpc) is 2.48. The number of fused-ring (bicyclic) bond motifs is 1. The van der Waals surface area contributed by atoms with Crippen molar-refractivity contribution in [3.05, 3.63) is 42.5 Å². The molecular weight excluding hydrogens is 238 g/mol.